The molecule has 1 saturated heterocycles. The van der Waals surface area contributed by atoms with Crippen molar-refractivity contribution in [3.8, 4) is 6.07 Å². The Balaban J connectivity index is 1.94. The fraction of sp³-hybridized carbons (Fsp3) is 0.913. The lowest BCUT2D eigenvalue weighted by Gasteiger charge is -2.59. The fourth-order valence-electron chi connectivity index (χ4n) is 6.77. The zero-order valence-corrected chi connectivity index (χ0v) is 18.9. The average Bonchev–Trinajstić information content (AvgIpc) is 3.05. The van der Waals surface area contributed by atoms with Gasteiger partial charge in [0, 0.05) is 6.04 Å². The van der Waals surface area contributed by atoms with Crippen LogP contribution >= 0.6 is 0 Å². The lowest BCUT2D eigenvalue weighted by Crippen LogP contribution is -2.65. The van der Waals surface area contributed by atoms with Gasteiger partial charge >= 0.3 is 0 Å². The van der Waals surface area contributed by atoms with Gasteiger partial charge in [0.25, 0.3) is 0 Å². The first-order valence-corrected chi connectivity index (χ1v) is 11.1. The first kappa shape index (κ1) is 22.5. The second-order valence-corrected chi connectivity index (χ2v) is 11.0. The van der Waals surface area contributed by atoms with Crippen LogP contribution in [-0.4, -0.2) is 47.5 Å². The molecule has 2 aliphatic carbocycles. The number of hydrogen-bond donors (Lipinski definition) is 3. The summed E-state index contributed by atoms with van der Waals surface area (Å²) >= 11 is 0. The van der Waals surface area contributed by atoms with Gasteiger partial charge in [-0.05, 0) is 97.9 Å². The molecule has 1 aliphatic heterocycles. The maximum absolute atomic E-state index is 11.2. The molecule has 0 aromatic heterocycles. The van der Waals surface area contributed by atoms with E-state index in [1.807, 2.05) is 27.8 Å². The van der Waals surface area contributed by atoms with E-state index in [1.165, 1.54) is 0 Å². The summed E-state index contributed by atoms with van der Waals surface area (Å²) < 4.78 is 6.70. The van der Waals surface area contributed by atoms with Gasteiger partial charge in [0.15, 0.2) is 0 Å². The van der Waals surface area contributed by atoms with E-state index >= 15 is 0 Å². The van der Waals surface area contributed by atoms with E-state index in [0.717, 1.165) is 38.5 Å². The Morgan fingerprint density at radius 1 is 1.14 bits per heavy atom. The predicted octanol–water partition coefficient (Wildman–Crippen LogP) is 2.75. The van der Waals surface area contributed by atoms with Crippen molar-refractivity contribution >= 4 is 6.41 Å². The van der Waals surface area contributed by atoms with Crippen molar-refractivity contribution < 1.29 is 14.6 Å². The molecule has 164 valence electrons. The van der Waals surface area contributed by atoms with Crippen molar-refractivity contribution in [3.05, 3.63) is 0 Å². The molecule has 3 aliphatic rings. The largest absolute Gasteiger partial charge is 0.389 e. The number of hydrogen-bond acceptors (Lipinski definition) is 5. The number of likely N-dealkylation sites (N-methyl/N-ethyl adjacent to an activating group) is 1. The number of amides is 1. The van der Waals surface area contributed by atoms with Crippen molar-refractivity contribution in [2.75, 3.05) is 7.05 Å². The minimum atomic E-state index is -0.797. The molecule has 0 spiro atoms. The van der Waals surface area contributed by atoms with Gasteiger partial charge in [-0.3, -0.25) is 4.79 Å². The first-order chi connectivity index (χ1) is 13.4. The van der Waals surface area contributed by atoms with Crippen LogP contribution in [0.15, 0.2) is 0 Å². The molecule has 6 nitrogen and oxygen atoms in total. The van der Waals surface area contributed by atoms with Crippen molar-refractivity contribution in [3.63, 3.8) is 0 Å². The number of carbonyl (C=O) groups excluding carboxylic acids is 1. The highest BCUT2D eigenvalue weighted by Gasteiger charge is 2.61. The Morgan fingerprint density at radius 3 is 2.38 bits per heavy atom. The molecular weight excluding hydrogens is 366 g/mol. The third-order valence-electron chi connectivity index (χ3n) is 8.64. The van der Waals surface area contributed by atoms with Crippen LogP contribution in [0.25, 0.3) is 0 Å². The molecule has 0 bridgehead atoms. The first-order valence-electron chi connectivity index (χ1n) is 11.1. The van der Waals surface area contributed by atoms with Gasteiger partial charge in [0.05, 0.1) is 34.3 Å². The lowest BCUT2D eigenvalue weighted by molar-refractivity contribution is -0.169. The van der Waals surface area contributed by atoms with E-state index in [-0.39, 0.29) is 40.9 Å². The summed E-state index contributed by atoms with van der Waals surface area (Å²) in [5, 5.41) is 27.5. The summed E-state index contributed by atoms with van der Waals surface area (Å²) in [5.74, 6) is 0.674. The van der Waals surface area contributed by atoms with E-state index in [4.69, 9.17) is 4.74 Å². The van der Waals surface area contributed by atoms with Crippen LogP contribution in [0.3, 0.4) is 0 Å². The van der Waals surface area contributed by atoms with Crippen LogP contribution < -0.4 is 10.6 Å². The van der Waals surface area contributed by atoms with Crippen molar-refractivity contribution in [1.82, 2.24) is 10.6 Å². The predicted molar refractivity (Wildman–Crippen MR) is 112 cm³/mol. The minimum absolute atomic E-state index is 0.0439. The molecule has 2 saturated carbocycles. The Morgan fingerprint density at radius 2 is 1.79 bits per heavy atom. The normalized spacial score (nSPS) is 47.9. The number of carbonyl (C=O) groups is 1. The summed E-state index contributed by atoms with van der Waals surface area (Å²) in [4.78, 5) is 11.1. The molecular formula is C23H39N3O3. The van der Waals surface area contributed by atoms with Crippen LogP contribution in [-0.2, 0) is 9.53 Å². The molecule has 0 aromatic carbocycles. The van der Waals surface area contributed by atoms with E-state index in [1.54, 1.807) is 0 Å². The number of fused-ring (bicyclic) bond motifs is 1. The van der Waals surface area contributed by atoms with Gasteiger partial charge in [0.2, 0.25) is 6.41 Å². The third-order valence-corrected chi connectivity index (χ3v) is 8.64. The summed E-state index contributed by atoms with van der Waals surface area (Å²) in [7, 11) is 1.93. The molecule has 8 unspecified atom stereocenters. The molecule has 3 N–H and O–H groups in total. The number of aliphatic hydroxyl groups is 1. The van der Waals surface area contributed by atoms with Crippen molar-refractivity contribution in [2.24, 2.45) is 23.2 Å². The number of ether oxygens (including phenoxy) is 1. The highest BCUT2D eigenvalue weighted by Crippen LogP contribution is 2.59. The monoisotopic (exact) mass is 405 g/mol. The topological polar surface area (TPSA) is 94.4 Å². The average molecular weight is 406 g/mol. The summed E-state index contributed by atoms with van der Waals surface area (Å²) in [6, 6.07) is 2.56. The van der Waals surface area contributed by atoms with Crippen LogP contribution in [0, 0.1) is 34.5 Å². The standard InChI is InChI=1S/C23H39N3O3/c1-20(2,26-14-27)17-9-12-23(5,29-17)16-7-10-21(3,13-24)15-8-11-22(4,28)19(25-6)18(15)16/h14-19,25,28H,7-12H2,1-6H3,(H,26,27). The van der Waals surface area contributed by atoms with Gasteiger partial charge in [-0.2, -0.15) is 5.26 Å². The summed E-state index contributed by atoms with van der Waals surface area (Å²) in [6.07, 6.45) is 5.90. The second kappa shape index (κ2) is 7.51. The summed E-state index contributed by atoms with van der Waals surface area (Å²) in [5.41, 5.74) is -1.90. The molecule has 8 atom stereocenters. The fourth-order valence-corrected chi connectivity index (χ4v) is 6.77. The van der Waals surface area contributed by atoms with Gasteiger partial charge in [-0.25, -0.2) is 0 Å². The van der Waals surface area contributed by atoms with Crippen LogP contribution in [0.1, 0.15) is 73.1 Å². The quantitative estimate of drug-likeness (QED) is 0.612. The van der Waals surface area contributed by atoms with Gasteiger partial charge < -0.3 is 20.5 Å². The number of nitriles is 1. The van der Waals surface area contributed by atoms with E-state index in [0.29, 0.717) is 6.42 Å². The number of nitrogens with zero attached hydrogens (tertiary/aromatic N) is 1. The number of nitrogens with one attached hydrogen (secondary N) is 2. The van der Waals surface area contributed by atoms with Gasteiger partial charge in [-0.1, -0.05) is 0 Å². The molecule has 1 amide bonds. The third kappa shape index (κ3) is 3.71. The second-order valence-electron chi connectivity index (χ2n) is 11.0. The number of rotatable bonds is 5. The van der Waals surface area contributed by atoms with E-state index < -0.39 is 11.1 Å². The Bertz CT molecular complexity index is 673. The highest BCUT2D eigenvalue weighted by atomic mass is 16.5. The van der Waals surface area contributed by atoms with E-state index in [9.17, 15) is 15.2 Å². The Kier molecular flexibility index (Phi) is 5.84. The smallest absolute Gasteiger partial charge is 0.207 e. The Labute approximate surface area is 175 Å². The van der Waals surface area contributed by atoms with Crippen LogP contribution in [0.5, 0.6) is 0 Å². The van der Waals surface area contributed by atoms with E-state index in [2.05, 4.69) is 30.6 Å². The molecule has 1 heterocycles. The zero-order valence-electron chi connectivity index (χ0n) is 18.9. The summed E-state index contributed by atoms with van der Waals surface area (Å²) in [6.45, 7) is 10.3. The van der Waals surface area contributed by atoms with Gasteiger partial charge in [-0.15, -0.1) is 0 Å². The molecule has 29 heavy (non-hydrogen) atoms. The molecule has 0 radical (unpaired) electrons. The van der Waals surface area contributed by atoms with Crippen molar-refractivity contribution in [1.29, 1.82) is 5.26 Å². The SMILES string of the molecule is CNC1C2C(CCC1(C)O)C(C)(C#N)CCC2C1(C)CCC(C(C)(C)NC=O)O1. The molecule has 3 fully saturated rings. The molecule has 0 aromatic rings. The zero-order chi connectivity index (χ0) is 21.7. The maximum Gasteiger partial charge on any atom is 0.207 e. The maximum atomic E-state index is 11.2. The molecule has 3 rings (SSSR count). The van der Waals surface area contributed by atoms with Gasteiger partial charge in [0.1, 0.15) is 0 Å². The molecule has 6 heteroatoms. The highest BCUT2D eigenvalue weighted by molar-refractivity contribution is 5.48. The van der Waals surface area contributed by atoms with Crippen molar-refractivity contribution in [2.45, 2.75) is 102 Å². The minimum Gasteiger partial charge on any atom is -0.389 e. The lowest BCUT2D eigenvalue weighted by atomic mass is 9.49. The Hall–Kier alpha value is -1.16. The van der Waals surface area contributed by atoms with Crippen LogP contribution in [0.2, 0.25) is 0 Å². The van der Waals surface area contributed by atoms with Crippen LogP contribution in [0.4, 0.5) is 0 Å².